The van der Waals surface area contributed by atoms with Gasteiger partial charge in [0.1, 0.15) is 17.5 Å². The molecule has 1 amide bonds. The number of thioether (sulfide) groups is 1. The maximum atomic E-state index is 12.2. The molecule has 2 fully saturated rings. The second kappa shape index (κ2) is 4.13. The van der Waals surface area contributed by atoms with Gasteiger partial charge >= 0.3 is 5.97 Å². The fraction of sp³-hybridized carbons (Fsp3) is 0.750. The van der Waals surface area contributed by atoms with Gasteiger partial charge in [-0.1, -0.05) is 0 Å². The summed E-state index contributed by atoms with van der Waals surface area (Å²) in [5.74, 6) is -0.162. The van der Waals surface area contributed by atoms with Crippen molar-refractivity contribution in [3.8, 4) is 0 Å². The van der Waals surface area contributed by atoms with E-state index in [-0.39, 0.29) is 17.3 Å². The van der Waals surface area contributed by atoms with Gasteiger partial charge in [-0.2, -0.15) is 0 Å². The van der Waals surface area contributed by atoms with Gasteiger partial charge in [0, 0.05) is 17.7 Å². The van der Waals surface area contributed by atoms with Gasteiger partial charge in [-0.3, -0.25) is 9.79 Å². The number of hydrogen-bond donors (Lipinski definition) is 2. The molecule has 0 aromatic heterocycles. The number of amides is 1. The molecule has 0 bridgehead atoms. The second-order valence-corrected chi connectivity index (χ2v) is 7.42. The summed E-state index contributed by atoms with van der Waals surface area (Å²) in [6.07, 6.45) is 1.90. The lowest BCUT2D eigenvalue weighted by atomic mass is 9.96. The molecule has 0 aromatic carbocycles. The van der Waals surface area contributed by atoms with Crippen LogP contribution < -0.4 is 5.32 Å². The average Bonchev–Trinajstić information content (AvgIpc) is 2.90. The molecule has 104 valence electrons. The highest BCUT2D eigenvalue weighted by Crippen LogP contribution is 2.50. The standard InChI is InChI=1S/C12H17N3O3S/c1-12(2)8(11(17)18)15-9(16)7(10(15)19-12)14-6-4-3-5-13-6/h7-8,10H,3-5H2,1-2H3,(H,13,14)(H,17,18). The summed E-state index contributed by atoms with van der Waals surface area (Å²) >= 11 is 1.56. The van der Waals surface area contributed by atoms with Crippen LogP contribution in [0.1, 0.15) is 26.7 Å². The fourth-order valence-corrected chi connectivity index (χ4v) is 4.61. The van der Waals surface area contributed by atoms with Crippen molar-refractivity contribution in [1.82, 2.24) is 10.2 Å². The third-order valence-electron chi connectivity index (χ3n) is 3.87. The van der Waals surface area contributed by atoms with Crippen LogP contribution in [0.2, 0.25) is 0 Å². The van der Waals surface area contributed by atoms with Crippen LogP contribution in [0, 0.1) is 0 Å². The number of carboxylic acids is 1. The summed E-state index contributed by atoms with van der Waals surface area (Å²) in [6.45, 7) is 4.58. The van der Waals surface area contributed by atoms with Crippen LogP contribution in [0.15, 0.2) is 4.99 Å². The Kier molecular flexibility index (Phi) is 2.78. The Bertz CT molecular complexity index is 477. The quantitative estimate of drug-likeness (QED) is 0.712. The predicted octanol–water partition coefficient (Wildman–Crippen LogP) is 0.284. The summed E-state index contributed by atoms with van der Waals surface area (Å²) in [5.41, 5.74) is 0. The second-order valence-electron chi connectivity index (χ2n) is 5.65. The average molecular weight is 283 g/mol. The van der Waals surface area contributed by atoms with E-state index in [9.17, 15) is 14.7 Å². The zero-order valence-electron chi connectivity index (χ0n) is 10.9. The van der Waals surface area contributed by atoms with Crippen molar-refractivity contribution < 1.29 is 14.7 Å². The van der Waals surface area contributed by atoms with Crippen molar-refractivity contribution in [3.05, 3.63) is 0 Å². The zero-order chi connectivity index (χ0) is 13.8. The predicted molar refractivity (Wildman–Crippen MR) is 72.2 cm³/mol. The Morgan fingerprint density at radius 1 is 1.58 bits per heavy atom. The molecule has 0 aliphatic carbocycles. The maximum Gasteiger partial charge on any atom is 0.327 e. The van der Waals surface area contributed by atoms with E-state index in [2.05, 4.69) is 10.3 Å². The summed E-state index contributed by atoms with van der Waals surface area (Å²) < 4.78 is -0.458. The van der Waals surface area contributed by atoms with Crippen LogP contribution in [-0.2, 0) is 9.59 Å². The van der Waals surface area contributed by atoms with E-state index < -0.39 is 16.8 Å². The van der Waals surface area contributed by atoms with Gasteiger partial charge < -0.3 is 15.3 Å². The van der Waals surface area contributed by atoms with Gasteiger partial charge in [-0.15, -0.1) is 11.8 Å². The molecular formula is C12H17N3O3S. The lowest BCUT2D eigenvalue weighted by Crippen LogP contribution is -2.70. The van der Waals surface area contributed by atoms with E-state index in [1.54, 1.807) is 11.8 Å². The van der Waals surface area contributed by atoms with E-state index in [0.717, 1.165) is 25.2 Å². The molecule has 3 rings (SSSR count). The maximum absolute atomic E-state index is 12.2. The third-order valence-corrected chi connectivity index (χ3v) is 5.44. The van der Waals surface area contributed by atoms with Crippen molar-refractivity contribution in [1.29, 1.82) is 0 Å². The number of rotatable bonds is 2. The number of fused-ring (bicyclic) bond motifs is 1. The minimum absolute atomic E-state index is 0.0908. The molecule has 6 nitrogen and oxygen atoms in total. The van der Waals surface area contributed by atoms with E-state index in [4.69, 9.17) is 0 Å². The lowest BCUT2D eigenvalue weighted by molar-refractivity contribution is -0.159. The van der Waals surface area contributed by atoms with Crippen LogP contribution in [-0.4, -0.2) is 56.5 Å². The summed E-state index contributed by atoms with van der Waals surface area (Å²) in [4.78, 5) is 29.3. The molecule has 3 heterocycles. The van der Waals surface area contributed by atoms with Gasteiger partial charge in [-0.25, -0.2) is 4.79 Å². The van der Waals surface area contributed by atoms with Crippen molar-refractivity contribution >= 4 is 29.5 Å². The molecule has 7 heteroatoms. The molecule has 3 atom stereocenters. The number of carboxylic acid groups (broad SMARTS) is 1. The molecule has 0 aromatic rings. The van der Waals surface area contributed by atoms with E-state index in [0.29, 0.717) is 0 Å². The van der Waals surface area contributed by atoms with Crippen LogP contribution in [0.4, 0.5) is 0 Å². The SMILES string of the molecule is CC1(C)SC2C(NC3=NCCC3)C(=O)N2C1C(=O)O. The first-order valence-electron chi connectivity index (χ1n) is 6.44. The summed E-state index contributed by atoms with van der Waals surface area (Å²) in [5, 5.41) is 12.4. The van der Waals surface area contributed by atoms with Crippen molar-refractivity contribution in [2.45, 2.75) is 48.9 Å². The van der Waals surface area contributed by atoms with Gasteiger partial charge in [0.25, 0.3) is 0 Å². The van der Waals surface area contributed by atoms with Gasteiger partial charge in [-0.05, 0) is 20.3 Å². The van der Waals surface area contributed by atoms with E-state index in [1.165, 1.54) is 4.90 Å². The molecule has 2 N–H and O–H groups in total. The third kappa shape index (κ3) is 1.82. The van der Waals surface area contributed by atoms with Crippen LogP contribution in [0.5, 0.6) is 0 Å². The molecular weight excluding hydrogens is 266 g/mol. The topological polar surface area (TPSA) is 82.0 Å². The summed E-state index contributed by atoms with van der Waals surface area (Å²) in [7, 11) is 0. The molecule has 3 unspecified atom stereocenters. The number of amidine groups is 1. The highest BCUT2D eigenvalue weighted by atomic mass is 32.2. The first-order valence-corrected chi connectivity index (χ1v) is 7.32. The first kappa shape index (κ1) is 12.8. The number of carbonyl (C=O) groups excluding carboxylic acids is 1. The first-order chi connectivity index (χ1) is 8.92. The Balaban J connectivity index is 1.77. The Hall–Kier alpha value is -1.24. The highest BCUT2D eigenvalue weighted by Gasteiger charge is 2.64. The number of β-lactam (4-membered cyclic amide) rings is 1. The number of carbonyl (C=O) groups is 2. The number of hydrogen-bond acceptors (Lipinski definition) is 5. The van der Waals surface area contributed by atoms with E-state index in [1.807, 2.05) is 13.8 Å². The Morgan fingerprint density at radius 3 is 2.89 bits per heavy atom. The highest BCUT2D eigenvalue weighted by molar-refractivity contribution is 8.01. The van der Waals surface area contributed by atoms with Crippen molar-refractivity contribution in [2.75, 3.05) is 6.54 Å². The molecule has 3 aliphatic heterocycles. The molecule has 0 spiro atoms. The number of aliphatic imine (C=N–C) groups is 1. The largest absolute Gasteiger partial charge is 0.480 e. The molecule has 19 heavy (non-hydrogen) atoms. The van der Waals surface area contributed by atoms with Crippen LogP contribution in [0.3, 0.4) is 0 Å². The smallest absolute Gasteiger partial charge is 0.327 e. The lowest BCUT2D eigenvalue weighted by Gasteiger charge is -2.44. The van der Waals surface area contributed by atoms with Crippen molar-refractivity contribution in [2.24, 2.45) is 4.99 Å². The molecule has 0 radical (unpaired) electrons. The van der Waals surface area contributed by atoms with Gasteiger partial charge in [0.15, 0.2) is 0 Å². The monoisotopic (exact) mass is 283 g/mol. The number of nitrogens with zero attached hydrogens (tertiary/aromatic N) is 2. The van der Waals surface area contributed by atoms with Gasteiger partial charge in [0.2, 0.25) is 5.91 Å². The fourth-order valence-electron chi connectivity index (χ4n) is 2.98. The summed E-state index contributed by atoms with van der Waals surface area (Å²) in [6, 6.07) is -1.05. The van der Waals surface area contributed by atoms with Gasteiger partial charge in [0.05, 0.1) is 5.84 Å². The number of nitrogens with one attached hydrogen (secondary N) is 1. The molecule has 0 saturated carbocycles. The van der Waals surface area contributed by atoms with Crippen LogP contribution in [0.25, 0.3) is 0 Å². The Morgan fingerprint density at radius 2 is 2.32 bits per heavy atom. The van der Waals surface area contributed by atoms with Crippen molar-refractivity contribution in [3.63, 3.8) is 0 Å². The zero-order valence-corrected chi connectivity index (χ0v) is 11.7. The molecule has 3 aliphatic rings. The number of aliphatic carboxylic acids is 1. The van der Waals surface area contributed by atoms with E-state index >= 15 is 0 Å². The molecule has 2 saturated heterocycles. The minimum Gasteiger partial charge on any atom is -0.480 e. The minimum atomic E-state index is -0.926. The normalized spacial score (nSPS) is 35.7. The van der Waals surface area contributed by atoms with Crippen LogP contribution >= 0.6 is 11.8 Å². The Labute approximate surface area is 115 Å².